The number of rotatable bonds is 2. The van der Waals surface area contributed by atoms with Gasteiger partial charge in [0.05, 0.1) is 5.69 Å². The first kappa shape index (κ1) is 9.09. The summed E-state index contributed by atoms with van der Waals surface area (Å²) in [7, 11) is 0. The molecule has 1 unspecified atom stereocenters. The van der Waals surface area contributed by atoms with Crippen molar-refractivity contribution in [1.82, 2.24) is 10.2 Å². The average Bonchev–Trinajstić information content (AvgIpc) is 2.67. The molecule has 72 valence electrons. The molecule has 1 saturated heterocycles. The maximum atomic E-state index is 5.52. The largest absolute Gasteiger partial charge is 0.325 e. The Kier molecular flexibility index (Phi) is 2.90. The average molecular weight is 197 g/mol. The van der Waals surface area contributed by atoms with E-state index in [1.807, 2.05) is 11.8 Å². The molecule has 0 radical (unpaired) electrons. The van der Waals surface area contributed by atoms with Crippen molar-refractivity contribution < 1.29 is 0 Å². The molecular formula is C9H15N3S. The smallest absolute Gasteiger partial charge is 0.0664 e. The fraction of sp³-hybridized carbons (Fsp3) is 0.667. The molecule has 2 rings (SSSR count). The van der Waals surface area contributed by atoms with Crippen molar-refractivity contribution in [2.75, 3.05) is 11.5 Å². The molecule has 1 aliphatic rings. The molecule has 1 fully saturated rings. The molecule has 1 aromatic heterocycles. The minimum Gasteiger partial charge on any atom is -0.325 e. The molecule has 0 aromatic carbocycles. The summed E-state index contributed by atoms with van der Waals surface area (Å²) >= 11 is 2.03. The Labute approximate surface area is 82.5 Å². The van der Waals surface area contributed by atoms with Crippen LogP contribution in [0.15, 0.2) is 6.07 Å². The van der Waals surface area contributed by atoms with Crippen molar-refractivity contribution in [3.05, 3.63) is 17.5 Å². The van der Waals surface area contributed by atoms with E-state index in [9.17, 15) is 0 Å². The van der Waals surface area contributed by atoms with Gasteiger partial charge in [0.1, 0.15) is 0 Å². The van der Waals surface area contributed by atoms with Crippen molar-refractivity contribution in [2.45, 2.75) is 25.3 Å². The summed E-state index contributed by atoms with van der Waals surface area (Å²) in [5, 5.41) is 7.26. The van der Waals surface area contributed by atoms with Crippen molar-refractivity contribution in [3.8, 4) is 0 Å². The Bertz CT molecular complexity index is 266. The predicted molar refractivity (Wildman–Crippen MR) is 55.8 cm³/mol. The van der Waals surface area contributed by atoms with Gasteiger partial charge in [-0.3, -0.25) is 5.10 Å². The zero-order chi connectivity index (χ0) is 9.10. The Morgan fingerprint density at radius 1 is 1.69 bits per heavy atom. The normalized spacial score (nSPS) is 23.3. The lowest BCUT2D eigenvalue weighted by Gasteiger charge is -2.18. The van der Waals surface area contributed by atoms with E-state index in [2.05, 4.69) is 16.3 Å². The lowest BCUT2D eigenvalue weighted by atomic mass is 10.0. The molecule has 0 spiro atoms. The van der Waals surface area contributed by atoms with E-state index in [0.29, 0.717) is 12.5 Å². The molecule has 0 amide bonds. The van der Waals surface area contributed by atoms with E-state index < -0.39 is 0 Å². The molecule has 2 heterocycles. The van der Waals surface area contributed by atoms with Gasteiger partial charge in [-0.25, -0.2) is 0 Å². The molecule has 3 N–H and O–H groups in total. The number of hydrogen-bond donors (Lipinski definition) is 2. The lowest BCUT2D eigenvalue weighted by molar-refractivity contribution is 0.641. The Morgan fingerprint density at radius 3 is 3.23 bits per heavy atom. The van der Waals surface area contributed by atoms with E-state index in [-0.39, 0.29) is 0 Å². The van der Waals surface area contributed by atoms with Gasteiger partial charge in [0.25, 0.3) is 0 Å². The van der Waals surface area contributed by atoms with Crippen molar-refractivity contribution in [3.63, 3.8) is 0 Å². The van der Waals surface area contributed by atoms with E-state index in [1.165, 1.54) is 30.0 Å². The standard InChI is InChI=1S/C9H15N3S/c10-5-8-4-9(12-11-8)7-2-1-3-13-6-7/h4,7H,1-3,5-6,10H2,(H,11,12). The highest BCUT2D eigenvalue weighted by molar-refractivity contribution is 7.99. The van der Waals surface area contributed by atoms with Gasteiger partial charge in [-0.2, -0.15) is 16.9 Å². The second-order valence-electron chi connectivity index (χ2n) is 3.44. The molecular weight excluding hydrogens is 182 g/mol. The van der Waals surface area contributed by atoms with E-state index in [0.717, 1.165) is 5.69 Å². The van der Waals surface area contributed by atoms with Gasteiger partial charge < -0.3 is 5.73 Å². The monoisotopic (exact) mass is 197 g/mol. The minimum absolute atomic E-state index is 0.562. The molecule has 1 aromatic rings. The van der Waals surface area contributed by atoms with Crippen LogP contribution in [0.25, 0.3) is 0 Å². The van der Waals surface area contributed by atoms with Gasteiger partial charge in [-0.05, 0) is 24.7 Å². The Hall–Kier alpha value is -0.480. The molecule has 13 heavy (non-hydrogen) atoms. The van der Waals surface area contributed by atoms with Gasteiger partial charge in [0, 0.05) is 23.9 Å². The topological polar surface area (TPSA) is 54.7 Å². The second kappa shape index (κ2) is 4.15. The van der Waals surface area contributed by atoms with Crippen LogP contribution in [0.2, 0.25) is 0 Å². The van der Waals surface area contributed by atoms with E-state index in [1.54, 1.807) is 0 Å². The number of thioether (sulfide) groups is 1. The number of nitrogens with one attached hydrogen (secondary N) is 1. The lowest BCUT2D eigenvalue weighted by Crippen LogP contribution is -2.08. The summed E-state index contributed by atoms with van der Waals surface area (Å²) in [5.74, 6) is 3.18. The zero-order valence-electron chi connectivity index (χ0n) is 7.62. The van der Waals surface area contributed by atoms with Crippen LogP contribution in [0.1, 0.15) is 30.1 Å². The number of aromatic nitrogens is 2. The summed E-state index contributed by atoms with van der Waals surface area (Å²) in [6.07, 6.45) is 2.60. The quantitative estimate of drug-likeness (QED) is 0.755. The van der Waals surface area contributed by atoms with Gasteiger partial charge in [-0.1, -0.05) is 0 Å². The third kappa shape index (κ3) is 2.06. The number of H-pyrrole nitrogens is 1. The fourth-order valence-corrected chi connectivity index (χ4v) is 2.83. The van der Waals surface area contributed by atoms with Crippen LogP contribution in [0.4, 0.5) is 0 Å². The van der Waals surface area contributed by atoms with Gasteiger partial charge >= 0.3 is 0 Å². The third-order valence-corrected chi connectivity index (χ3v) is 3.66. The third-order valence-electron chi connectivity index (χ3n) is 2.45. The highest BCUT2D eigenvalue weighted by Crippen LogP contribution is 2.30. The first-order valence-corrected chi connectivity index (χ1v) is 5.87. The number of aromatic amines is 1. The highest BCUT2D eigenvalue weighted by atomic mass is 32.2. The van der Waals surface area contributed by atoms with Crippen molar-refractivity contribution in [1.29, 1.82) is 0 Å². The molecule has 4 heteroatoms. The maximum absolute atomic E-state index is 5.52. The van der Waals surface area contributed by atoms with Gasteiger partial charge in [0.15, 0.2) is 0 Å². The molecule has 0 bridgehead atoms. The predicted octanol–water partition coefficient (Wildman–Crippen LogP) is 1.48. The summed E-state index contributed by atoms with van der Waals surface area (Å²) < 4.78 is 0. The second-order valence-corrected chi connectivity index (χ2v) is 4.59. The van der Waals surface area contributed by atoms with Crippen LogP contribution in [0.5, 0.6) is 0 Å². The summed E-state index contributed by atoms with van der Waals surface area (Å²) in [6.45, 7) is 0.562. The highest BCUT2D eigenvalue weighted by Gasteiger charge is 2.18. The van der Waals surface area contributed by atoms with Crippen LogP contribution in [-0.4, -0.2) is 21.7 Å². The summed E-state index contributed by atoms with van der Waals surface area (Å²) in [4.78, 5) is 0. The molecule has 0 saturated carbocycles. The van der Waals surface area contributed by atoms with Crippen molar-refractivity contribution >= 4 is 11.8 Å². The molecule has 1 aliphatic heterocycles. The SMILES string of the molecule is NCc1cc(C2CCCSC2)n[nH]1. The maximum Gasteiger partial charge on any atom is 0.0664 e. The van der Waals surface area contributed by atoms with Gasteiger partial charge in [0.2, 0.25) is 0 Å². The minimum atomic E-state index is 0.562. The first-order chi connectivity index (χ1) is 6.40. The Balaban J connectivity index is 2.05. The summed E-state index contributed by atoms with van der Waals surface area (Å²) in [6, 6.07) is 2.11. The van der Waals surface area contributed by atoms with Crippen LogP contribution in [-0.2, 0) is 6.54 Å². The number of hydrogen-bond acceptors (Lipinski definition) is 3. The fourth-order valence-electron chi connectivity index (χ4n) is 1.67. The van der Waals surface area contributed by atoms with Crippen LogP contribution in [0, 0.1) is 0 Å². The van der Waals surface area contributed by atoms with Crippen LogP contribution < -0.4 is 5.73 Å². The van der Waals surface area contributed by atoms with Crippen LogP contribution in [0.3, 0.4) is 0 Å². The molecule has 3 nitrogen and oxygen atoms in total. The van der Waals surface area contributed by atoms with Crippen molar-refractivity contribution in [2.24, 2.45) is 5.73 Å². The van der Waals surface area contributed by atoms with Gasteiger partial charge in [-0.15, -0.1) is 0 Å². The summed E-state index contributed by atoms with van der Waals surface area (Å²) in [5.41, 5.74) is 7.76. The van der Waals surface area contributed by atoms with E-state index >= 15 is 0 Å². The molecule has 1 atom stereocenters. The number of nitrogens with zero attached hydrogens (tertiary/aromatic N) is 1. The van der Waals surface area contributed by atoms with E-state index in [4.69, 9.17) is 5.73 Å². The zero-order valence-corrected chi connectivity index (χ0v) is 8.44. The number of nitrogens with two attached hydrogens (primary N) is 1. The Morgan fingerprint density at radius 2 is 2.62 bits per heavy atom. The molecule has 0 aliphatic carbocycles. The van der Waals surface area contributed by atoms with Crippen LogP contribution >= 0.6 is 11.8 Å². The first-order valence-electron chi connectivity index (χ1n) is 4.72.